The summed E-state index contributed by atoms with van der Waals surface area (Å²) < 4.78 is 62.4. The summed E-state index contributed by atoms with van der Waals surface area (Å²) in [5.74, 6) is -7.90. The third kappa shape index (κ3) is 2.52. The van der Waals surface area contributed by atoms with Crippen LogP contribution >= 0.6 is 0 Å². The first-order valence-corrected chi connectivity index (χ1v) is 5.17. The van der Waals surface area contributed by atoms with E-state index in [4.69, 9.17) is 0 Å². The molecule has 100 valence electrons. The Kier molecular flexibility index (Phi) is 3.78. The van der Waals surface area contributed by atoms with Gasteiger partial charge < -0.3 is 0 Å². The number of hydrogen-bond donors (Lipinski definition) is 0. The Labute approximate surface area is 101 Å². The number of carbonyl (C=O) groups excluding carboxylic acids is 1. The van der Waals surface area contributed by atoms with Crippen LogP contribution in [0.4, 0.5) is 22.0 Å². The van der Waals surface area contributed by atoms with Gasteiger partial charge in [-0.05, 0) is 11.5 Å². The summed E-state index contributed by atoms with van der Waals surface area (Å²) in [5, 5.41) is 0. The molecule has 0 saturated carbocycles. The van der Waals surface area contributed by atoms with E-state index >= 15 is 0 Å². The van der Waals surface area contributed by atoms with E-state index < -0.39 is 23.4 Å². The van der Waals surface area contributed by atoms with Gasteiger partial charge in [-0.25, -0.2) is 0 Å². The lowest BCUT2D eigenvalue weighted by molar-refractivity contribution is -0.255. The second-order valence-corrected chi connectivity index (χ2v) is 4.14. The minimum Gasteiger partial charge on any atom is -0.287 e. The summed E-state index contributed by atoms with van der Waals surface area (Å²) >= 11 is 0. The van der Waals surface area contributed by atoms with Gasteiger partial charge in [-0.3, -0.25) is 4.79 Å². The highest BCUT2D eigenvalue weighted by atomic mass is 19.4. The van der Waals surface area contributed by atoms with Crippen molar-refractivity contribution in [1.82, 2.24) is 0 Å². The molecule has 0 radical (unpaired) electrons. The van der Waals surface area contributed by atoms with Gasteiger partial charge in [-0.2, -0.15) is 22.0 Å². The van der Waals surface area contributed by atoms with E-state index in [0.29, 0.717) is 0 Å². The van der Waals surface area contributed by atoms with Gasteiger partial charge in [0.2, 0.25) is 5.78 Å². The number of benzene rings is 1. The molecule has 0 aliphatic heterocycles. The summed E-state index contributed by atoms with van der Waals surface area (Å²) in [6.45, 7) is 3.22. The molecule has 0 aliphatic rings. The quantitative estimate of drug-likeness (QED) is 0.592. The Balaban J connectivity index is 3.28. The van der Waals surface area contributed by atoms with E-state index in [0.717, 1.165) is 6.07 Å². The molecule has 0 spiro atoms. The summed E-state index contributed by atoms with van der Waals surface area (Å²) in [6.07, 6.45) is -5.88. The average Bonchev–Trinajstić information content (AvgIpc) is 2.26. The molecule has 1 rings (SSSR count). The van der Waals surface area contributed by atoms with Gasteiger partial charge in [0.15, 0.2) is 0 Å². The Hall–Kier alpha value is -1.46. The van der Waals surface area contributed by atoms with Crippen molar-refractivity contribution in [1.29, 1.82) is 0 Å². The predicted molar refractivity (Wildman–Crippen MR) is 55.9 cm³/mol. The minimum absolute atomic E-state index is 0.173. The van der Waals surface area contributed by atoms with Crippen LogP contribution in [0.1, 0.15) is 35.7 Å². The fourth-order valence-electron chi connectivity index (χ4n) is 1.51. The zero-order chi connectivity index (χ0) is 14.1. The van der Waals surface area contributed by atoms with Gasteiger partial charge in [0.05, 0.1) is 0 Å². The second-order valence-electron chi connectivity index (χ2n) is 4.14. The lowest BCUT2D eigenvalue weighted by Crippen LogP contribution is -2.44. The highest BCUT2D eigenvalue weighted by molar-refractivity contribution is 6.03. The zero-order valence-corrected chi connectivity index (χ0v) is 9.68. The number of alkyl halides is 5. The highest BCUT2D eigenvalue weighted by Crippen LogP contribution is 2.39. The maximum Gasteiger partial charge on any atom is 0.461 e. The molecule has 6 heteroatoms. The van der Waals surface area contributed by atoms with Crippen molar-refractivity contribution in [3.05, 3.63) is 35.4 Å². The van der Waals surface area contributed by atoms with Crippen molar-refractivity contribution in [2.24, 2.45) is 0 Å². The number of rotatable bonds is 3. The summed E-state index contributed by atoms with van der Waals surface area (Å²) in [7, 11) is 0. The van der Waals surface area contributed by atoms with Crippen molar-refractivity contribution in [2.45, 2.75) is 31.9 Å². The molecule has 0 heterocycles. The van der Waals surface area contributed by atoms with Crippen LogP contribution in [0.15, 0.2) is 24.3 Å². The van der Waals surface area contributed by atoms with Crippen LogP contribution in [0.25, 0.3) is 0 Å². The lowest BCUT2D eigenvalue weighted by atomic mass is 9.92. The Morgan fingerprint density at radius 1 is 1.06 bits per heavy atom. The lowest BCUT2D eigenvalue weighted by Gasteiger charge is -2.20. The number of hydrogen-bond acceptors (Lipinski definition) is 1. The van der Waals surface area contributed by atoms with Crippen LogP contribution in [0.5, 0.6) is 0 Å². The first-order chi connectivity index (χ1) is 8.09. The SMILES string of the molecule is CC(C)c1ccccc1C(=O)C(F)(F)C(F)(F)F. The normalized spacial score (nSPS) is 12.9. The molecular formula is C12H11F5O. The number of halogens is 5. The molecule has 0 aliphatic carbocycles. The molecule has 18 heavy (non-hydrogen) atoms. The van der Waals surface area contributed by atoms with Crippen molar-refractivity contribution in [2.75, 3.05) is 0 Å². The van der Waals surface area contributed by atoms with Crippen LogP contribution in [-0.4, -0.2) is 17.9 Å². The first kappa shape index (κ1) is 14.6. The van der Waals surface area contributed by atoms with E-state index in [1.54, 1.807) is 13.8 Å². The monoisotopic (exact) mass is 266 g/mol. The molecule has 0 N–H and O–H groups in total. The topological polar surface area (TPSA) is 17.1 Å². The van der Waals surface area contributed by atoms with Crippen LogP contribution in [0.3, 0.4) is 0 Å². The Bertz CT molecular complexity index is 448. The van der Waals surface area contributed by atoms with Crippen LogP contribution < -0.4 is 0 Å². The summed E-state index contributed by atoms with van der Waals surface area (Å²) in [6, 6.07) is 5.09. The van der Waals surface area contributed by atoms with Gasteiger partial charge >= 0.3 is 12.1 Å². The molecule has 0 aromatic heterocycles. The second kappa shape index (κ2) is 4.66. The van der Waals surface area contributed by atoms with Crippen LogP contribution in [0, 0.1) is 0 Å². The van der Waals surface area contributed by atoms with E-state index in [9.17, 15) is 26.7 Å². The van der Waals surface area contributed by atoms with Crippen molar-refractivity contribution in [3.8, 4) is 0 Å². The third-order valence-corrected chi connectivity index (χ3v) is 2.47. The molecule has 0 atom stereocenters. The maximum atomic E-state index is 13.0. The standard InChI is InChI=1S/C12H11F5O/c1-7(2)8-5-3-4-6-9(8)10(18)11(13,14)12(15,16)17/h3-7H,1-2H3. The van der Waals surface area contributed by atoms with E-state index in [1.807, 2.05) is 0 Å². The Morgan fingerprint density at radius 2 is 1.56 bits per heavy atom. The van der Waals surface area contributed by atoms with Crippen LogP contribution in [-0.2, 0) is 0 Å². The number of Topliss-reactive ketones (excluding diaryl/α,β-unsaturated/α-hetero) is 1. The van der Waals surface area contributed by atoms with Crippen LogP contribution in [0.2, 0.25) is 0 Å². The van der Waals surface area contributed by atoms with Gasteiger partial charge in [-0.15, -0.1) is 0 Å². The van der Waals surface area contributed by atoms with Crippen molar-refractivity contribution < 1.29 is 26.7 Å². The van der Waals surface area contributed by atoms with E-state index in [-0.39, 0.29) is 11.5 Å². The van der Waals surface area contributed by atoms with Gasteiger partial charge in [0.25, 0.3) is 0 Å². The molecule has 0 unspecified atom stereocenters. The highest BCUT2D eigenvalue weighted by Gasteiger charge is 2.63. The summed E-state index contributed by atoms with van der Waals surface area (Å²) in [4.78, 5) is 11.4. The van der Waals surface area contributed by atoms with E-state index in [1.165, 1.54) is 18.2 Å². The smallest absolute Gasteiger partial charge is 0.287 e. The Morgan fingerprint density at radius 3 is 2.00 bits per heavy atom. The third-order valence-electron chi connectivity index (χ3n) is 2.47. The zero-order valence-electron chi connectivity index (χ0n) is 9.68. The maximum absolute atomic E-state index is 13.0. The minimum atomic E-state index is -5.88. The summed E-state index contributed by atoms with van der Waals surface area (Å²) in [5.41, 5.74) is -0.416. The molecular weight excluding hydrogens is 255 g/mol. The van der Waals surface area contributed by atoms with Crippen molar-refractivity contribution in [3.63, 3.8) is 0 Å². The molecule has 0 saturated heterocycles. The van der Waals surface area contributed by atoms with Gasteiger partial charge in [0, 0.05) is 5.56 Å². The number of carbonyl (C=O) groups is 1. The number of ketones is 1. The molecule has 0 bridgehead atoms. The van der Waals surface area contributed by atoms with Crippen molar-refractivity contribution >= 4 is 5.78 Å². The molecule has 1 nitrogen and oxygen atoms in total. The largest absolute Gasteiger partial charge is 0.461 e. The molecule has 0 fully saturated rings. The fraction of sp³-hybridized carbons (Fsp3) is 0.417. The molecule has 0 amide bonds. The molecule has 1 aromatic carbocycles. The fourth-order valence-corrected chi connectivity index (χ4v) is 1.51. The first-order valence-electron chi connectivity index (χ1n) is 5.17. The van der Waals surface area contributed by atoms with E-state index in [2.05, 4.69) is 0 Å². The average molecular weight is 266 g/mol. The predicted octanol–water partition coefficient (Wildman–Crippen LogP) is 4.19. The van der Waals surface area contributed by atoms with Gasteiger partial charge in [-0.1, -0.05) is 38.1 Å². The molecule has 1 aromatic rings. The van der Waals surface area contributed by atoms with Gasteiger partial charge in [0.1, 0.15) is 0 Å².